The van der Waals surface area contributed by atoms with Gasteiger partial charge < -0.3 is 4.74 Å². The summed E-state index contributed by atoms with van der Waals surface area (Å²) in [5.41, 5.74) is 0. The molecule has 6 heteroatoms. The number of rotatable bonds is 1. The van der Waals surface area contributed by atoms with Crippen molar-refractivity contribution in [2.24, 2.45) is 0 Å². The fourth-order valence-corrected chi connectivity index (χ4v) is 3.89. The van der Waals surface area contributed by atoms with E-state index >= 15 is 0 Å². The van der Waals surface area contributed by atoms with Gasteiger partial charge in [0.25, 0.3) is 0 Å². The molecule has 0 aromatic rings. The number of ether oxygens (including phenoxy) is 1. The second kappa shape index (κ2) is 3.43. The van der Waals surface area contributed by atoms with Gasteiger partial charge in [-0.25, -0.2) is 0 Å². The van der Waals surface area contributed by atoms with E-state index in [-0.39, 0.29) is 0 Å². The van der Waals surface area contributed by atoms with Gasteiger partial charge in [-0.2, -0.15) is 0 Å². The third-order valence-corrected chi connectivity index (χ3v) is 5.23. The summed E-state index contributed by atoms with van der Waals surface area (Å²) in [5.74, 6) is -0.395. The van der Waals surface area contributed by atoms with Gasteiger partial charge in [0.2, 0.25) is 0 Å². The summed E-state index contributed by atoms with van der Waals surface area (Å²) in [7, 11) is 0. The first-order chi connectivity index (χ1) is 6.79. The summed E-state index contributed by atoms with van der Waals surface area (Å²) in [6, 6.07) is 0. The van der Waals surface area contributed by atoms with Gasteiger partial charge in [-0.15, -0.1) is 23.2 Å². The van der Waals surface area contributed by atoms with Crippen LogP contribution in [0.4, 0.5) is 0 Å². The van der Waals surface area contributed by atoms with Crippen LogP contribution >= 0.6 is 46.4 Å². The number of hydrogen-bond donors (Lipinski definition) is 0. The minimum absolute atomic E-state index is 0.304. The molecule has 0 aromatic heterocycles. The lowest BCUT2D eigenvalue weighted by molar-refractivity contribution is -0.146. The average Bonchev–Trinajstić information content (AvgIpc) is 2.44. The first-order valence-corrected chi connectivity index (χ1v) is 5.92. The molecule has 2 nitrogen and oxygen atoms in total. The van der Waals surface area contributed by atoms with E-state index in [1.165, 1.54) is 6.92 Å². The normalized spacial score (nSPS) is 43.7. The number of esters is 1. The quantitative estimate of drug-likeness (QED) is 0.546. The lowest BCUT2D eigenvalue weighted by atomic mass is 10.0. The Morgan fingerprint density at radius 2 is 2.00 bits per heavy atom. The van der Waals surface area contributed by atoms with Crippen LogP contribution in [0, 0.1) is 0 Å². The Bertz CT molecular complexity index is 367. The van der Waals surface area contributed by atoms with Crippen LogP contribution in [0.2, 0.25) is 0 Å². The highest BCUT2D eigenvalue weighted by Crippen LogP contribution is 2.63. The highest BCUT2D eigenvalue weighted by Gasteiger charge is 2.64. The van der Waals surface area contributed by atoms with Gasteiger partial charge in [-0.05, 0) is 6.42 Å². The lowest BCUT2D eigenvalue weighted by Crippen LogP contribution is -2.36. The fraction of sp³-hybridized carbons (Fsp3) is 0.667. The van der Waals surface area contributed by atoms with E-state index in [1.54, 1.807) is 0 Å². The summed E-state index contributed by atoms with van der Waals surface area (Å²) < 4.78 is 5.10. The summed E-state index contributed by atoms with van der Waals surface area (Å²) in [4.78, 5) is 9.19. The molecule has 2 aliphatic carbocycles. The van der Waals surface area contributed by atoms with Crippen LogP contribution in [0.3, 0.4) is 0 Å². The molecule has 0 aliphatic heterocycles. The average molecular weight is 290 g/mol. The Morgan fingerprint density at radius 3 is 2.40 bits per heavy atom. The molecule has 0 amide bonds. The fourth-order valence-electron chi connectivity index (χ4n) is 2.15. The third-order valence-electron chi connectivity index (χ3n) is 2.82. The van der Waals surface area contributed by atoms with Crippen molar-refractivity contribution in [1.29, 1.82) is 0 Å². The monoisotopic (exact) mass is 288 g/mol. The Morgan fingerprint density at radius 1 is 1.40 bits per heavy atom. The zero-order chi connectivity index (χ0) is 11.4. The molecule has 0 spiro atoms. The van der Waals surface area contributed by atoms with E-state index in [2.05, 4.69) is 0 Å². The van der Waals surface area contributed by atoms with Crippen molar-refractivity contribution in [2.75, 3.05) is 0 Å². The maximum Gasteiger partial charge on any atom is 0.302 e. The molecule has 0 N–H and O–H groups in total. The molecule has 0 heterocycles. The molecule has 15 heavy (non-hydrogen) atoms. The summed E-state index contributed by atoms with van der Waals surface area (Å²) >= 11 is 24.6. The Labute approximate surface area is 107 Å². The van der Waals surface area contributed by atoms with E-state index in [4.69, 9.17) is 51.1 Å². The van der Waals surface area contributed by atoms with E-state index in [9.17, 15) is 4.79 Å². The van der Waals surface area contributed by atoms with Crippen molar-refractivity contribution in [2.45, 2.75) is 35.6 Å². The maximum absolute atomic E-state index is 10.9. The number of fused-ring (bicyclic) bond motifs is 2. The van der Waals surface area contributed by atoms with Crippen LogP contribution in [0.25, 0.3) is 0 Å². The Balaban J connectivity index is 2.34. The molecular formula is C9H8Cl4O2. The lowest BCUT2D eigenvalue weighted by Gasteiger charge is -2.29. The number of halogens is 4. The third kappa shape index (κ3) is 1.57. The Hall–Kier alpha value is 0.370. The minimum atomic E-state index is -0.938. The van der Waals surface area contributed by atoms with Crippen LogP contribution in [0.5, 0.6) is 0 Å². The van der Waals surface area contributed by atoms with E-state index in [0.717, 1.165) is 0 Å². The predicted octanol–water partition coefficient (Wildman–Crippen LogP) is 3.37. The van der Waals surface area contributed by atoms with Crippen LogP contribution in [-0.4, -0.2) is 21.8 Å². The second-order valence-electron chi connectivity index (χ2n) is 3.93. The van der Waals surface area contributed by atoms with Gasteiger partial charge in [-0.1, -0.05) is 23.2 Å². The maximum atomic E-state index is 10.9. The standard InChI is InChI=1S/C9H8Cl4O2/c1-4(14)15-5-2-8(12)3-9(5,13)7(11)6(8)10/h5H,2-3H2,1H3. The number of carbonyl (C=O) groups excluding carboxylic acids is 1. The molecule has 0 saturated heterocycles. The summed E-state index contributed by atoms with van der Waals surface area (Å²) in [5, 5.41) is 0.683. The molecule has 3 unspecified atom stereocenters. The first-order valence-electron chi connectivity index (χ1n) is 4.41. The molecule has 0 aromatic carbocycles. The van der Waals surface area contributed by atoms with Crippen molar-refractivity contribution in [3.8, 4) is 0 Å². The molecule has 2 bridgehead atoms. The van der Waals surface area contributed by atoms with Gasteiger partial charge in [0.15, 0.2) is 0 Å². The second-order valence-corrected chi connectivity index (χ2v) is 6.09. The molecule has 84 valence electrons. The predicted molar refractivity (Wildman–Crippen MR) is 60.7 cm³/mol. The zero-order valence-electron chi connectivity index (χ0n) is 7.82. The molecule has 1 fully saturated rings. The zero-order valence-corrected chi connectivity index (χ0v) is 10.8. The molecule has 0 radical (unpaired) electrons. The van der Waals surface area contributed by atoms with Crippen molar-refractivity contribution in [3.63, 3.8) is 0 Å². The van der Waals surface area contributed by atoms with Gasteiger partial charge in [0.1, 0.15) is 11.0 Å². The van der Waals surface area contributed by atoms with Gasteiger partial charge in [-0.3, -0.25) is 4.79 Å². The Kier molecular flexibility index (Phi) is 2.71. The molecular weight excluding hydrogens is 282 g/mol. The molecule has 1 saturated carbocycles. The highest BCUT2D eigenvalue weighted by molar-refractivity contribution is 6.51. The van der Waals surface area contributed by atoms with Gasteiger partial charge in [0, 0.05) is 13.3 Å². The summed E-state index contributed by atoms with van der Waals surface area (Å²) in [6.45, 7) is 1.33. The van der Waals surface area contributed by atoms with Crippen LogP contribution < -0.4 is 0 Å². The van der Waals surface area contributed by atoms with Crippen molar-refractivity contribution >= 4 is 52.4 Å². The van der Waals surface area contributed by atoms with Crippen LogP contribution in [0.1, 0.15) is 19.8 Å². The number of alkyl halides is 2. The summed E-state index contributed by atoms with van der Waals surface area (Å²) in [6.07, 6.45) is 0.315. The van der Waals surface area contributed by atoms with Gasteiger partial charge >= 0.3 is 5.97 Å². The largest absolute Gasteiger partial charge is 0.460 e. The van der Waals surface area contributed by atoms with Crippen LogP contribution in [0.15, 0.2) is 10.1 Å². The topological polar surface area (TPSA) is 26.3 Å². The minimum Gasteiger partial charge on any atom is -0.460 e. The molecule has 2 aliphatic rings. The molecule has 3 atom stereocenters. The highest BCUT2D eigenvalue weighted by atomic mass is 35.5. The van der Waals surface area contributed by atoms with Gasteiger partial charge in [0.05, 0.1) is 14.9 Å². The SMILES string of the molecule is CC(=O)OC1CC2(Cl)CC1(Cl)C(Cl)=C2Cl. The number of allylic oxidation sites excluding steroid dienone is 1. The van der Waals surface area contributed by atoms with Crippen molar-refractivity contribution in [3.05, 3.63) is 10.1 Å². The number of carbonyl (C=O) groups is 1. The van der Waals surface area contributed by atoms with E-state index in [0.29, 0.717) is 22.9 Å². The van der Waals surface area contributed by atoms with E-state index < -0.39 is 21.8 Å². The van der Waals surface area contributed by atoms with E-state index in [1.807, 2.05) is 0 Å². The smallest absolute Gasteiger partial charge is 0.302 e. The van der Waals surface area contributed by atoms with Crippen molar-refractivity contribution < 1.29 is 9.53 Å². The van der Waals surface area contributed by atoms with Crippen LogP contribution in [-0.2, 0) is 9.53 Å². The molecule has 2 rings (SSSR count). The number of hydrogen-bond acceptors (Lipinski definition) is 2. The van der Waals surface area contributed by atoms with Crippen molar-refractivity contribution in [1.82, 2.24) is 0 Å². The first kappa shape index (κ1) is 11.8.